The van der Waals surface area contributed by atoms with Crippen molar-refractivity contribution in [3.63, 3.8) is 0 Å². The van der Waals surface area contributed by atoms with Crippen molar-refractivity contribution in [1.82, 2.24) is 4.98 Å². The van der Waals surface area contributed by atoms with Gasteiger partial charge in [0.1, 0.15) is 16.5 Å². The molecule has 0 saturated heterocycles. The third kappa shape index (κ3) is 3.93. The zero-order valence-electron chi connectivity index (χ0n) is 14.4. The van der Waals surface area contributed by atoms with E-state index in [4.69, 9.17) is 4.42 Å². The largest absolute Gasteiger partial charge is 0.457 e. The van der Waals surface area contributed by atoms with Crippen LogP contribution in [0.3, 0.4) is 0 Å². The Morgan fingerprint density at radius 2 is 1.69 bits per heavy atom. The lowest BCUT2D eigenvalue weighted by Crippen LogP contribution is -1.88. The highest BCUT2D eigenvalue weighted by Gasteiger charge is 2.13. The molecular formula is C19H10BrN3O5S. The lowest BCUT2D eigenvalue weighted by Gasteiger charge is -2.00. The number of rotatable bonds is 5. The highest BCUT2D eigenvalue weighted by atomic mass is 79.9. The fourth-order valence-corrected chi connectivity index (χ4v) is 4.09. The second-order valence-electron chi connectivity index (χ2n) is 5.92. The number of benzene rings is 2. The number of furan rings is 1. The predicted molar refractivity (Wildman–Crippen MR) is 114 cm³/mol. The van der Waals surface area contributed by atoms with Crippen LogP contribution in [-0.4, -0.2) is 14.8 Å². The molecule has 10 heteroatoms. The monoisotopic (exact) mass is 471 g/mol. The molecule has 0 radical (unpaired) electrons. The molecule has 2 aromatic heterocycles. The van der Waals surface area contributed by atoms with E-state index < -0.39 is 9.85 Å². The zero-order valence-corrected chi connectivity index (χ0v) is 16.8. The second kappa shape index (κ2) is 7.57. The Morgan fingerprint density at radius 1 is 0.966 bits per heavy atom. The van der Waals surface area contributed by atoms with Crippen molar-refractivity contribution in [3.05, 3.63) is 84.0 Å². The lowest BCUT2D eigenvalue weighted by atomic mass is 10.1. The summed E-state index contributed by atoms with van der Waals surface area (Å²) in [5, 5.41) is 22.4. The van der Waals surface area contributed by atoms with Gasteiger partial charge in [-0.25, -0.2) is 4.98 Å². The molecule has 0 atom stereocenters. The Bertz CT molecular complexity index is 1290. The summed E-state index contributed by atoms with van der Waals surface area (Å²) in [6.07, 6.45) is 3.51. The van der Waals surface area contributed by atoms with Gasteiger partial charge in [-0.3, -0.25) is 20.2 Å². The molecule has 0 aliphatic heterocycles. The van der Waals surface area contributed by atoms with Crippen molar-refractivity contribution in [1.29, 1.82) is 0 Å². The van der Waals surface area contributed by atoms with Gasteiger partial charge in [0, 0.05) is 34.3 Å². The molecule has 0 bridgehead atoms. The molecule has 0 aliphatic carbocycles. The Kier molecular flexibility index (Phi) is 4.95. The fourth-order valence-electron chi connectivity index (χ4n) is 2.68. The van der Waals surface area contributed by atoms with Gasteiger partial charge in [-0.1, -0.05) is 0 Å². The summed E-state index contributed by atoms with van der Waals surface area (Å²) in [7, 11) is 0. The highest BCUT2D eigenvalue weighted by Crippen LogP contribution is 2.33. The quantitative estimate of drug-likeness (QED) is 0.249. The van der Waals surface area contributed by atoms with Gasteiger partial charge in [-0.05, 0) is 52.3 Å². The number of non-ortho nitro benzene ring substituents is 2. The van der Waals surface area contributed by atoms with Crippen LogP contribution >= 0.6 is 27.3 Å². The number of thiazole rings is 1. The van der Waals surface area contributed by atoms with Crippen molar-refractivity contribution >= 4 is 61.0 Å². The minimum absolute atomic E-state index is 0.00248. The molecule has 2 heterocycles. The summed E-state index contributed by atoms with van der Waals surface area (Å²) < 4.78 is 7.21. The highest BCUT2D eigenvalue weighted by molar-refractivity contribution is 9.10. The van der Waals surface area contributed by atoms with E-state index in [9.17, 15) is 20.2 Å². The second-order valence-corrected chi connectivity index (χ2v) is 7.83. The van der Waals surface area contributed by atoms with E-state index in [1.165, 1.54) is 35.6 Å². The molecule has 0 spiro atoms. The van der Waals surface area contributed by atoms with Crippen LogP contribution in [-0.2, 0) is 0 Å². The van der Waals surface area contributed by atoms with Gasteiger partial charge >= 0.3 is 0 Å². The normalized spacial score (nSPS) is 11.3. The molecule has 8 nitrogen and oxygen atoms in total. The topological polar surface area (TPSA) is 112 Å². The SMILES string of the molecule is O=[N+]([O-])c1ccc(-c2ccc(/C=C/c3nc4cc([N+](=O)[O-])ccc4s3)o2)c(Br)c1. The molecule has 29 heavy (non-hydrogen) atoms. The van der Waals surface area contributed by atoms with Crippen LogP contribution in [0, 0.1) is 20.2 Å². The summed E-state index contributed by atoms with van der Waals surface area (Å²) in [4.78, 5) is 25.2. The summed E-state index contributed by atoms with van der Waals surface area (Å²) in [5.74, 6) is 1.14. The van der Waals surface area contributed by atoms with Crippen molar-refractivity contribution in [2.45, 2.75) is 0 Å². The van der Waals surface area contributed by atoms with E-state index in [1.54, 1.807) is 36.4 Å². The molecule has 0 fully saturated rings. The first-order valence-corrected chi connectivity index (χ1v) is 9.79. The fraction of sp³-hybridized carbons (Fsp3) is 0. The number of hydrogen-bond donors (Lipinski definition) is 0. The van der Waals surface area contributed by atoms with Crippen LogP contribution in [0.5, 0.6) is 0 Å². The minimum Gasteiger partial charge on any atom is -0.457 e. The molecule has 4 aromatic rings. The molecule has 0 unspecified atom stereocenters. The van der Waals surface area contributed by atoms with Gasteiger partial charge in [0.25, 0.3) is 11.4 Å². The number of hydrogen-bond acceptors (Lipinski definition) is 7. The Balaban J connectivity index is 1.57. The Labute approximate surface area is 175 Å². The molecule has 0 N–H and O–H groups in total. The maximum Gasteiger partial charge on any atom is 0.271 e. The molecule has 0 amide bonds. The van der Waals surface area contributed by atoms with E-state index in [0.717, 1.165) is 4.70 Å². The van der Waals surface area contributed by atoms with Crippen LogP contribution < -0.4 is 0 Å². The van der Waals surface area contributed by atoms with Gasteiger partial charge in [0.2, 0.25) is 0 Å². The molecule has 2 aromatic carbocycles. The summed E-state index contributed by atoms with van der Waals surface area (Å²) in [6.45, 7) is 0. The van der Waals surface area contributed by atoms with E-state index >= 15 is 0 Å². The van der Waals surface area contributed by atoms with Crippen LogP contribution in [0.2, 0.25) is 0 Å². The van der Waals surface area contributed by atoms with Gasteiger partial charge in [0.15, 0.2) is 0 Å². The summed E-state index contributed by atoms with van der Waals surface area (Å²) in [5.41, 5.74) is 1.26. The lowest BCUT2D eigenvalue weighted by molar-refractivity contribution is -0.385. The van der Waals surface area contributed by atoms with Crippen molar-refractivity contribution in [3.8, 4) is 11.3 Å². The van der Waals surface area contributed by atoms with Crippen molar-refractivity contribution < 1.29 is 14.3 Å². The zero-order chi connectivity index (χ0) is 20.5. The van der Waals surface area contributed by atoms with Crippen LogP contribution in [0.4, 0.5) is 11.4 Å². The van der Waals surface area contributed by atoms with Crippen molar-refractivity contribution in [2.24, 2.45) is 0 Å². The molecule has 0 saturated carbocycles. The first-order chi connectivity index (χ1) is 13.9. The average molecular weight is 472 g/mol. The van der Waals surface area contributed by atoms with E-state index in [-0.39, 0.29) is 11.4 Å². The van der Waals surface area contributed by atoms with Gasteiger partial charge in [-0.15, -0.1) is 11.3 Å². The molecule has 144 valence electrons. The number of fused-ring (bicyclic) bond motifs is 1. The summed E-state index contributed by atoms with van der Waals surface area (Å²) in [6, 6.07) is 12.6. The number of aromatic nitrogens is 1. The average Bonchev–Trinajstić information content (AvgIpc) is 3.32. The Morgan fingerprint density at radius 3 is 2.41 bits per heavy atom. The van der Waals surface area contributed by atoms with Crippen molar-refractivity contribution in [2.75, 3.05) is 0 Å². The minimum atomic E-state index is -0.461. The number of halogens is 1. The first kappa shape index (κ1) is 19.0. The van der Waals surface area contributed by atoms with E-state index in [1.807, 2.05) is 0 Å². The van der Waals surface area contributed by atoms with Gasteiger partial charge < -0.3 is 4.42 Å². The summed E-state index contributed by atoms with van der Waals surface area (Å²) >= 11 is 4.75. The van der Waals surface area contributed by atoms with E-state index in [2.05, 4.69) is 20.9 Å². The van der Waals surface area contributed by atoms with Crippen LogP contribution in [0.25, 0.3) is 33.7 Å². The van der Waals surface area contributed by atoms with Gasteiger partial charge in [-0.2, -0.15) is 0 Å². The third-order valence-electron chi connectivity index (χ3n) is 4.04. The number of nitrogens with zero attached hydrogens (tertiary/aromatic N) is 3. The smallest absolute Gasteiger partial charge is 0.271 e. The number of nitro groups is 2. The molecule has 4 rings (SSSR count). The van der Waals surface area contributed by atoms with Crippen LogP contribution in [0.15, 0.2) is 57.4 Å². The van der Waals surface area contributed by atoms with E-state index in [0.29, 0.717) is 32.1 Å². The first-order valence-electron chi connectivity index (χ1n) is 8.18. The van der Waals surface area contributed by atoms with Gasteiger partial charge in [0.05, 0.1) is 20.1 Å². The maximum absolute atomic E-state index is 10.9. The standard InChI is InChI=1S/C19H10BrN3O5S/c20-15-9-11(22(24)25)1-5-14(15)17-6-3-13(28-17)4-8-19-21-16-10-12(23(26)27)2-7-18(16)29-19/h1-10H/b8-4+. The predicted octanol–water partition coefficient (Wildman–Crippen LogP) is 6.31. The van der Waals surface area contributed by atoms with Crippen LogP contribution in [0.1, 0.15) is 10.8 Å². The number of nitro benzene ring substituents is 2. The Hall–Kier alpha value is -3.37. The third-order valence-corrected chi connectivity index (χ3v) is 5.70. The maximum atomic E-state index is 10.9. The molecule has 0 aliphatic rings. The molecular weight excluding hydrogens is 462 g/mol.